The second-order valence-corrected chi connectivity index (χ2v) is 9.92. The van der Waals surface area contributed by atoms with Crippen molar-refractivity contribution in [1.29, 1.82) is 0 Å². The Hall–Kier alpha value is -1.49. The molecule has 5 heteroatoms. The van der Waals surface area contributed by atoms with Crippen molar-refractivity contribution in [3.63, 3.8) is 0 Å². The van der Waals surface area contributed by atoms with Gasteiger partial charge in [-0.05, 0) is 25.0 Å². The maximum atomic E-state index is 11.6. The molecule has 4 nitrogen and oxygen atoms in total. The summed E-state index contributed by atoms with van der Waals surface area (Å²) in [5.74, 6) is -0.855. The molecule has 0 radical (unpaired) electrons. The fraction of sp³-hybridized carbons (Fsp3) is 0.733. The summed E-state index contributed by atoms with van der Waals surface area (Å²) in [7, 11) is 0. The smallest absolute Gasteiger partial charge is 0.247 e. The van der Waals surface area contributed by atoms with Gasteiger partial charge in [0.25, 0.3) is 0 Å². The standard InChI is InChI=1S/C24H46O4.C6H6S/c1-3-5-7-9-11-13-15-17-19-21-23(25)27-28-24(26)22-20-18-16-14-12-10-8-6-4-2;7-6-4-2-1-3-5-6/h3-22H2,1-2H3;1-5,7H. The Morgan fingerprint density at radius 3 is 1.14 bits per heavy atom. The predicted molar refractivity (Wildman–Crippen MR) is 150 cm³/mol. The van der Waals surface area contributed by atoms with Crippen LogP contribution in [-0.2, 0) is 19.4 Å². The van der Waals surface area contributed by atoms with E-state index in [1.54, 1.807) is 0 Å². The summed E-state index contributed by atoms with van der Waals surface area (Å²) in [6.45, 7) is 4.46. The third kappa shape index (κ3) is 26.9. The van der Waals surface area contributed by atoms with Crippen molar-refractivity contribution in [3.05, 3.63) is 30.3 Å². The van der Waals surface area contributed by atoms with E-state index in [9.17, 15) is 9.59 Å². The van der Waals surface area contributed by atoms with Gasteiger partial charge in [-0.2, -0.15) is 0 Å². The van der Waals surface area contributed by atoms with Gasteiger partial charge in [-0.15, -0.1) is 12.6 Å². The van der Waals surface area contributed by atoms with Crippen LogP contribution in [0.5, 0.6) is 0 Å². The molecule has 202 valence electrons. The maximum absolute atomic E-state index is 11.6. The highest BCUT2D eigenvalue weighted by atomic mass is 32.1. The second-order valence-electron chi connectivity index (χ2n) is 9.40. The fourth-order valence-electron chi connectivity index (χ4n) is 3.76. The van der Waals surface area contributed by atoms with Gasteiger partial charge in [0, 0.05) is 4.90 Å². The Labute approximate surface area is 221 Å². The third-order valence-electron chi connectivity index (χ3n) is 5.95. The monoisotopic (exact) mass is 508 g/mol. The average Bonchev–Trinajstić information content (AvgIpc) is 2.86. The number of benzene rings is 1. The lowest BCUT2D eigenvalue weighted by Crippen LogP contribution is -2.11. The summed E-state index contributed by atoms with van der Waals surface area (Å²) >= 11 is 4.08. The van der Waals surface area contributed by atoms with Crippen LogP contribution in [0.1, 0.15) is 142 Å². The molecule has 0 N–H and O–H groups in total. The van der Waals surface area contributed by atoms with E-state index in [-0.39, 0.29) is 0 Å². The zero-order valence-corrected chi connectivity index (χ0v) is 23.5. The van der Waals surface area contributed by atoms with Gasteiger partial charge in [0.15, 0.2) is 0 Å². The first kappa shape index (κ1) is 33.5. The summed E-state index contributed by atoms with van der Waals surface area (Å²) in [6.07, 6.45) is 22.3. The van der Waals surface area contributed by atoms with E-state index < -0.39 is 11.9 Å². The van der Waals surface area contributed by atoms with Gasteiger partial charge in [-0.3, -0.25) is 0 Å². The largest absolute Gasteiger partial charge is 0.355 e. The molecule has 0 heterocycles. The quantitative estimate of drug-likeness (QED) is 0.0824. The van der Waals surface area contributed by atoms with Crippen molar-refractivity contribution >= 4 is 24.6 Å². The highest BCUT2D eigenvalue weighted by molar-refractivity contribution is 7.80. The van der Waals surface area contributed by atoms with Crippen LogP contribution in [-0.4, -0.2) is 11.9 Å². The van der Waals surface area contributed by atoms with Crippen LogP contribution in [0.3, 0.4) is 0 Å². The Balaban J connectivity index is 0.00000140. The zero-order chi connectivity index (χ0) is 25.8. The van der Waals surface area contributed by atoms with E-state index in [0.29, 0.717) is 12.8 Å². The zero-order valence-electron chi connectivity index (χ0n) is 22.6. The van der Waals surface area contributed by atoms with Crippen molar-refractivity contribution < 1.29 is 19.4 Å². The molecule has 0 aliphatic carbocycles. The van der Waals surface area contributed by atoms with Crippen molar-refractivity contribution in [3.8, 4) is 0 Å². The van der Waals surface area contributed by atoms with Crippen LogP contribution >= 0.6 is 12.6 Å². The number of hydrogen-bond donors (Lipinski definition) is 1. The van der Waals surface area contributed by atoms with Gasteiger partial charge in [-0.1, -0.05) is 135 Å². The molecule has 0 spiro atoms. The Bertz CT molecular complexity index is 557. The van der Waals surface area contributed by atoms with Crippen molar-refractivity contribution in [2.45, 2.75) is 147 Å². The molecule has 0 amide bonds. The normalized spacial score (nSPS) is 10.4. The lowest BCUT2D eigenvalue weighted by Gasteiger charge is -2.04. The second kappa shape index (κ2) is 27.1. The molecule has 1 aromatic rings. The minimum atomic E-state index is -0.427. The van der Waals surface area contributed by atoms with Gasteiger partial charge in [-0.25, -0.2) is 19.4 Å². The topological polar surface area (TPSA) is 52.6 Å². The third-order valence-corrected chi connectivity index (χ3v) is 6.25. The van der Waals surface area contributed by atoms with E-state index in [1.165, 1.54) is 77.0 Å². The van der Waals surface area contributed by atoms with E-state index >= 15 is 0 Å². The first-order chi connectivity index (χ1) is 17.1. The lowest BCUT2D eigenvalue weighted by molar-refractivity contribution is -0.259. The minimum absolute atomic E-state index is 0.334. The summed E-state index contributed by atoms with van der Waals surface area (Å²) in [5.41, 5.74) is 0. The molecule has 0 saturated heterocycles. The van der Waals surface area contributed by atoms with Crippen molar-refractivity contribution in [1.82, 2.24) is 0 Å². The fourth-order valence-corrected chi connectivity index (χ4v) is 3.94. The number of unbranched alkanes of at least 4 members (excludes halogenated alkanes) is 16. The van der Waals surface area contributed by atoms with E-state index in [2.05, 4.69) is 36.3 Å². The minimum Gasteiger partial charge on any atom is -0.247 e. The maximum Gasteiger partial charge on any atom is 0.355 e. The van der Waals surface area contributed by atoms with Crippen molar-refractivity contribution in [2.24, 2.45) is 0 Å². The highest BCUT2D eigenvalue weighted by Gasteiger charge is 2.09. The van der Waals surface area contributed by atoms with Crippen LogP contribution in [0.4, 0.5) is 0 Å². The van der Waals surface area contributed by atoms with E-state index in [1.807, 2.05) is 30.3 Å². The van der Waals surface area contributed by atoms with Gasteiger partial charge >= 0.3 is 11.9 Å². The van der Waals surface area contributed by atoms with Gasteiger partial charge in [0.2, 0.25) is 0 Å². The summed E-state index contributed by atoms with van der Waals surface area (Å²) < 4.78 is 0. The molecule has 0 aliphatic rings. The molecular formula is C30H52O4S. The first-order valence-electron chi connectivity index (χ1n) is 14.2. The van der Waals surface area contributed by atoms with Crippen LogP contribution < -0.4 is 0 Å². The van der Waals surface area contributed by atoms with Crippen LogP contribution in [0.25, 0.3) is 0 Å². The predicted octanol–water partition coefficient (Wildman–Crippen LogP) is 9.80. The molecule has 0 aromatic heterocycles. The Morgan fingerprint density at radius 1 is 0.543 bits per heavy atom. The molecule has 0 unspecified atom stereocenters. The molecule has 1 rings (SSSR count). The van der Waals surface area contributed by atoms with Gasteiger partial charge in [0.1, 0.15) is 0 Å². The van der Waals surface area contributed by atoms with Crippen LogP contribution in [0, 0.1) is 0 Å². The number of rotatable bonds is 20. The number of carbonyl (C=O) groups excluding carboxylic acids is 2. The summed E-state index contributed by atoms with van der Waals surface area (Å²) in [5, 5.41) is 0. The Kier molecular flexibility index (Phi) is 25.9. The van der Waals surface area contributed by atoms with E-state index in [0.717, 1.165) is 43.4 Å². The van der Waals surface area contributed by atoms with Gasteiger partial charge in [0.05, 0.1) is 12.8 Å². The highest BCUT2D eigenvalue weighted by Crippen LogP contribution is 2.12. The molecule has 1 aromatic carbocycles. The summed E-state index contributed by atoms with van der Waals surface area (Å²) in [6, 6.07) is 9.79. The first-order valence-corrected chi connectivity index (χ1v) is 14.7. The Morgan fingerprint density at radius 2 is 0.857 bits per heavy atom. The van der Waals surface area contributed by atoms with Gasteiger partial charge < -0.3 is 0 Å². The number of thiol groups is 1. The number of hydrogen-bond acceptors (Lipinski definition) is 5. The van der Waals surface area contributed by atoms with Crippen molar-refractivity contribution in [2.75, 3.05) is 0 Å². The van der Waals surface area contributed by atoms with Crippen LogP contribution in [0.2, 0.25) is 0 Å². The molecule has 0 bridgehead atoms. The van der Waals surface area contributed by atoms with E-state index in [4.69, 9.17) is 0 Å². The molecule has 0 fully saturated rings. The lowest BCUT2D eigenvalue weighted by atomic mass is 10.1. The average molecular weight is 509 g/mol. The molecule has 0 saturated carbocycles. The molecule has 35 heavy (non-hydrogen) atoms. The molecule has 0 atom stereocenters. The number of carbonyl (C=O) groups is 2. The SMILES string of the molecule is CCCCCCCCCCCC(=O)OOC(=O)CCCCCCCCCCC.Sc1ccccc1. The molecule has 0 aliphatic heterocycles. The van der Waals surface area contributed by atoms with Crippen LogP contribution in [0.15, 0.2) is 35.2 Å². The molecular weight excluding hydrogens is 456 g/mol. The summed E-state index contributed by atoms with van der Waals surface area (Å²) in [4.78, 5) is 33.4.